The maximum absolute atomic E-state index is 6.13. The number of aryl methyl sites for hydroxylation is 1. The van der Waals surface area contributed by atoms with E-state index in [0.29, 0.717) is 6.61 Å². The number of rotatable bonds is 7. The zero-order valence-electron chi connectivity index (χ0n) is 13.9. The molecular weight excluding hydrogens is 296 g/mol. The lowest BCUT2D eigenvalue weighted by molar-refractivity contribution is 0.0608. The van der Waals surface area contributed by atoms with Crippen LogP contribution in [0.25, 0.3) is 6.08 Å². The summed E-state index contributed by atoms with van der Waals surface area (Å²) >= 11 is 0. The highest BCUT2D eigenvalue weighted by Gasteiger charge is 2.12. The first-order chi connectivity index (χ1) is 11.8. The van der Waals surface area contributed by atoms with Gasteiger partial charge in [-0.15, -0.1) is 0 Å². The van der Waals surface area contributed by atoms with Crippen molar-refractivity contribution in [2.75, 3.05) is 6.61 Å². The van der Waals surface area contributed by atoms with E-state index in [4.69, 9.17) is 4.74 Å². The Morgan fingerprint density at radius 3 is 2.58 bits per heavy atom. The van der Waals surface area contributed by atoms with Gasteiger partial charge in [0.25, 0.3) is 0 Å². The maximum Gasteiger partial charge on any atom is 0.101 e. The molecule has 3 nitrogen and oxygen atoms in total. The van der Waals surface area contributed by atoms with Gasteiger partial charge in [0.05, 0.1) is 19.5 Å². The molecule has 3 aromatic rings. The molecule has 0 saturated heterocycles. The lowest BCUT2D eigenvalue weighted by Crippen LogP contribution is -2.12. The molecule has 0 aliphatic rings. The average Bonchev–Trinajstić information content (AvgIpc) is 3.12. The molecule has 0 fully saturated rings. The van der Waals surface area contributed by atoms with E-state index in [1.807, 2.05) is 35.3 Å². The molecule has 0 N–H and O–H groups in total. The van der Waals surface area contributed by atoms with Crippen molar-refractivity contribution in [2.45, 2.75) is 19.6 Å². The van der Waals surface area contributed by atoms with Gasteiger partial charge in [0, 0.05) is 12.4 Å². The van der Waals surface area contributed by atoms with Crippen LogP contribution in [0.4, 0.5) is 0 Å². The van der Waals surface area contributed by atoms with Crippen molar-refractivity contribution in [1.29, 1.82) is 0 Å². The minimum absolute atomic E-state index is 0.000207. The van der Waals surface area contributed by atoms with E-state index in [9.17, 15) is 0 Å². The quantitative estimate of drug-likeness (QED) is 0.633. The van der Waals surface area contributed by atoms with Gasteiger partial charge in [-0.3, -0.25) is 0 Å². The van der Waals surface area contributed by atoms with Gasteiger partial charge in [-0.25, -0.2) is 4.98 Å². The number of imidazole rings is 1. The highest BCUT2D eigenvalue weighted by Crippen LogP contribution is 2.20. The molecule has 1 atom stereocenters. The van der Waals surface area contributed by atoms with Gasteiger partial charge in [0.15, 0.2) is 0 Å². The summed E-state index contributed by atoms with van der Waals surface area (Å²) in [4.78, 5) is 4.11. The third-order valence-corrected chi connectivity index (χ3v) is 3.89. The van der Waals surface area contributed by atoms with Crippen LogP contribution in [0.5, 0.6) is 0 Å². The van der Waals surface area contributed by atoms with Crippen LogP contribution in [-0.4, -0.2) is 16.2 Å². The molecule has 3 heteroatoms. The van der Waals surface area contributed by atoms with Crippen molar-refractivity contribution >= 4 is 6.08 Å². The summed E-state index contributed by atoms with van der Waals surface area (Å²) in [5.74, 6) is 0. The first-order valence-corrected chi connectivity index (χ1v) is 8.17. The van der Waals surface area contributed by atoms with Crippen molar-refractivity contribution in [3.8, 4) is 0 Å². The molecule has 0 aliphatic heterocycles. The second-order valence-corrected chi connectivity index (χ2v) is 5.81. The summed E-state index contributed by atoms with van der Waals surface area (Å²) in [6.45, 7) is 3.42. The van der Waals surface area contributed by atoms with Crippen LogP contribution >= 0.6 is 0 Å². The van der Waals surface area contributed by atoms with Crippen LogP contribution < -0.4 is 0 Å². The van der Waals surface area contributed by atoms with Crippen molar-refractivity contribution in [3.63, 3.8) is 0 Å². The normalized spacial score (nSPS) is 12.5. The Morgan fingerprint density at radius 2 is 1.88 bits per heavy atom. The van der Waals surface area contributed by atoms with Crippen LogP contribution in [0.2, 0.25) is 0 Å². The van der Waals surface area contributed by atoms with Gasteiger partial charge in [-0.2, -0.15) is 0 Å². The number of nitrogens with zero attached hydrogens (tertiary/aromatic N) is 2. The summed E-state index contributed by atoms with van der Waals surface area (Å²) in [5.41, 5.74) is 3.62. The molecule has 0 spiro atoms. The Bertz CT molecular complexity index is 746. The second kappa shape index (κ2) is 8.27. The van der Waals surface area contributed by atoms with E-state index in [0.717, 1.165) is 6.54 Å². The molecule has 24 heavy (non-hydrogen) atoms. The fourth-order valence-corrected chi connectivity index (χ4v) is 2.54. The SMILES string of the molecule is Cc1ccc(C(Cn2ccnc2)OC/C=C/c2ccccc2)cc1. The molecule has 122 valence electrons. The Labute approximate surface area is 143 Å². The zero-order valence-corrected chi connectivity index (χ0v) is 13.9. The molecule has 2 aromatic carbocycles. The fourth-order valence-electron chi connectivity index (χ4n) is 2.54. The van der Waals surface area contributed by atoms with Crippen LogP contribution in [0.3, 0.4) is 0 Å². The van der Waals surface area contributed by atoms with Crippen molar-refractivity contribution in [1.82, 2.24) is 9.55 Å². The van der Waals surface area contributed by atoms with Gasteiger partial charge in [0.2, 0.25) is 0 Å². The van der Waals surface area contributed by atoms with Crippen molar-refractivity contribution in [3.05, 3.63) is 96.1 Å². The van der Waals surface area contributed by atoms with Gasteiger partial charge in [0.1, 0.15) is 6.10 Å². The Morgan fingerprint density at radius 1 is 1.08 bits per heavy atom. The van der Waals surface area contributed by atoms with E-state index in [-0.39, 0.29) is 6.10 Å². The fraction of sp³-hybridized carbons (Fsp3) is 0.190. The summed E-state index contributed by atoms with van der Waals surface area (Å²) < 4.78 is 8.17. The summed E-state index contributed by atoms with van der Waals surface area (Å²) in [5, 5.41) is 0. The Hall–Kier alpha value is -2.65. The van der Waals surface area contributed by atoms with E-state index in [2.05, 4.69) is 60.5 Å². The molecule has 1 unspecified atom stereocenters. The molecule has 0 saturated carbocycles. The second-order valence-electron chi connectivity index (χ2n) is 5.81. The van der Waals surface area contributed by atoms with Crippen LogP contribution in [0.15, 0.2) is 79.4 Å². The molecule has 0 aliphatic carbocycles. The first-order valence-electron chi connectivity index (χ1n) is 8.17. The summed E-state index contributed by atoms with van der Waals surface area (Å²) in [7, 11) is 0. The largest absolute Gasteiger partial charge is 0.368 e. The maximum atomic E-state index is 6.13. The van der Waals surface area contributed by atoms with Crippen LogP contribution in [0, 0.1) is 6.92 Å². The zero-order chi connectivity index (χ0) is 16.6. The van der Waals surface area contributed by atoms with Gasteiger partial charge >= 0.3 is 0 Å². The number of hydrogen-bond acceptors (Lipinski definition) is 2. The smallest absolute Gasteiger partial charge is 0.101 e. The molecule has 0 amide bonds. The minimum atomic E-state index is 0.000207. The third-order valence-electron chi connectivity index (χ3n) is 3.89. The molecule has 0 radical (unpaired) electrons. The monoisotopic (exact) mass is 318 g/mol. The Kier molecular flexibility index (Phi) is 5.59. The summed E-state index contributed by atoms with van der Waals surface area (Å²) in [6.07, 6.45) is 9.73. The summed E-state index contributed by atoms with van der Waals surface area (Å²) in [6, 6.07) is 18.8. The molecular formula is C21H22N2O. The van der Waals surface area contributed by atoms with Crippen LogP contribution in [-0.2, 0) is 11.3 Å². The predicted octanol–water partition coefficient (Wildman–Crippen LogP) is 4.66. The average molecular weight is 318 g/mol. The number of benzene rings is 2. The van der Waals surface area contributed by atoms with Gasteiger partial charge in [-0.1, -0.05) is 72.3 Å². The highest BCUT2D eigenvalue weighted by molar-refractivity contribution is 5.48. The third kappa shape index (κ3) is 4.67. The number of hydrogen-bond donors (Lipinski definition) is 0. The van der Waals surface area contributed by atoms with E-state index < -0.39 is 0 Å². The first kappa shape index (κ1) is 16.2. The van der Waals surface area contributed by atoms with Crippen LogP contribution in [0.1, 0.15) is 22.8 Å². The van der Waals surface area contributed by atoms with Crippen molar-refractivity contribution < 1.29 is 4.74 Å². The van der Waals surface area contributed by atoms with Crippen molar-refractivity contribution in [2.24, 2.45) is 0 Å². The number of aromatic nitrogens is 2. The predicted molar refractivity (Wildman–Crippen MR) is 97.6 cm³/mol. The molecule has 1 heterocycles. The van der Waals surface area contributed by atoms with Gasteiger partial charge in [-0.05, 0) is 18.1 Å². The topological polar surface area (TPSA) is 27.1 Å². The minimum Gasteiger partial charge on any atom is -0.368 e. The lowest BCUT2D eigenvalue weighted by Gasteiger charge is -2.18. The Balaban J connectivity index is 1.65. The van der Waals surface area contributed by atoms with Gasteiger partial charge < -0.3 is 9.30 Å². The molecule has 0 bridgehead atoms. The van der Waals surface area contributed by atoms with E-state index >= 15 is 0 Å². The number of ether oxygens (including phenoxy) is 1. The standard InChI is InChI=1S/C21H22N2O/c1-18-9-11-20(12-10-18)21(16-23-14-13-22-17-23)24-15-5-8-19-6-3-2-4-7-19/h2-14,17,21H,15-16H2,1H3/b8-5+. The van der Waals surface area contributed by atoms with E-state index in [1.165, 1.54) is 16.7 Å². The lowest BCUT2D eigenvalue weighted by atomic mass is 10.1. The van der Waals surface area contributed by atoms with E-state index in [1.54, 1.807) is 6.20 Å². The molecule has 3 rings (SSSR count). The highest BCUT2D eigenvalue weighted by atomic mass is 16.5. The molecule has 1 aromatic heterocycles.